The van der Waals surface area contributed by atoms with Crippen molar-refractivity contribution in [1.82, 2.24) is 4.40 Å². The molecule has 2 aromatic carbocycles. The number of aryl methyl sites for hydroxylation is 1. The molecule has 0 unspecified atom stereocenters. The highest BCUT2D eigenvalue weighted by Crippen LogP contribution is 2.46. The zero-order chi connectivity index (χ0) is 21.5. The topological polar surface area (TPSA) is 108 Å². The number of hydrogen-bond donors (Lipinski definition) is 3. The number of aliphatic hydroxyl groups excluding tert-OH is 1. The summed E-state index contributed by atoms with van der Waals surface area (Å²) in [5.41, 5.74) is 5.36. The number of rotatable bonds is 3. The summed E-state index contributed by atoms with van der Waals surface area (Å²) in [4.78, 5) is 26.5. The van der Waals surface area contributed by atoms with Gasteiger partial charge in [0.15, 0.2) is 5.82 Å². The summed E-state index contributed by atoms with van der Waals surface area (Å²) in [6.45, 7) is 2.05. The van der Waals surface area contributed by atoms with E-state index in [1.54, 1.807) is 4.90 Å². The van der Waals surface area contributed by atoms with Gasteiger partial charge in [0.25, 0.3) is 0 Å². The Morgan fingerprint density at radius 3 is 2.47 bits per heavy atom. The summed E-state index contributed by atoms with van der Waals surface area (Å²) >= 11 is 0. The number of hydrogen-bond acceptors (Lipinski definition) is 5. The van der Waals surface area contributed by atoms with E-state index in [1.165, 1.54) is 11.3 Å². The lowest BCUT2D eigenvalue weighted by Gasteiger charge is -2.34. The highest BCUT2D eigenvalue weighted by molar-refractivity contribution is 6.24. The van der Waals surface area contributed by atoms with E-state index in [2.05, 4.69) is 0 Å². The molecule has 0 bridgehead atoms. The molecule has 0 saturated carbocycles. The van der Waals surface area contributed by atoms with E-state index in [0.717, 1.165) is 18.7 Å². The van der Waals surface area contributed by atoms with Crippen molar-refractivity contribution in [3.05, 3.63) is 50.8 Å². The Labute approximate surface area is 167 Å². The molecule has 1 fully saturated rings. The molecule has 2 aromatic heterocycles. The van der Waals surface area contributed by atoms with Crippen molar-refractivity contribution >= 4 is 44.5 Å². The lowest BCUT2D eigenvalue weighted by atomic mass is 9.98. The first-order chi connectivity index (χ1) is 14.3. The number of anilines is 2. The van der Waals surface area contributed by atoms with Gasteiger partial charge in [-0.05, 0) is 19.4 Å². The second-order valence-corrected chi connectivity index (χ2v) is 7.59. The molecule has 5 rings (SSSR count). The van der Waals surface area contributed by atoms with Gasteiger partial charge >= 0.3 is 5.97 Å². The number of aliphatic hydroxyl groups is 1. The third-order valence-electron chi connectivity index (χ3n) is 6.03. The smallest absolute Gasteiger partial charge is 0.341 e. The van der Waals surface area contributed by atoms with Gasteiger partial charge in [0.1, 0.15) is 11.4 Å². The van der Waals surface area contributed by atoms with Crippen molar-refractivity contribution < 1.29 is 23.8 Å². The Bertz CT molecular complexity index is 1460. The van der Waals surface area contributed by atoms with Crippen molar-refractivity contribution in [2.75, 3.05) is 23.7 Å². The summed E-state index contributed by atoms with van der Waals surface area (Å²) in [5, 5.41) is 19.7. The number of nitrogens with zero attached hydrogens (tertiary/aromatic N) is 2. The highest BCUT2D eigenvalue weighted by atomic mass is 19.1. The molecule has 4 aromatic rings. The normalized spacial score (nSPS) is 14.2. The van der Waals surface area contributed by atoms with Crippen LogP contribution in [0.3, 0.4) is 0 Å². The number of nitrogen functional groups attached to an aromatic ring is 1. The Balaban J connectivity index is 2.21. The van der Waals surface area contributed by atoms with Crippen LogP contribution in [0.25, 0.3) is 27.2 Å². The molecule has 3 heterocycles. The van der Waals surface area contributed by atoms with Gasteiger partial charge in [-0.1, -0.05) is 0 Å². The minimum absolute atomic E-state index is 0.0231. The molecule has 7 nitrogen and oxygen atoms in total. The van der Waals surface area contributed by atoms with Crippen LogP contribution in [0.1, 0.15) is 27.9 Å². The van der Waals surface area contributed by atoms with Gasteiger partial charge < -0.3 is 25.2 Å². The number of aromatic carboxylic acids is 1. The van der Waals surface area contributed by atoms with Crippen LogP contribution in [0.15, 0.2) is 17.1 Å². The van der Waals surface area contributed by atoms with E-state index in [4.69, 9.17) is 5.73 Å². The van der Waals surface area contributed by atoms with E-state index >= 15 is 4.39 Å². The van der Waals surface area contributed by atoms with Gasteiger partial charge in [0.2, 0.25) is 5.43 Å². The largest absolute Gasteiger partial charge is 0.477 e. The molecule has 0 spiro atoms. The van der Waals surface area contributed by atoms with Crippen LogP contribution < -0.4 is 16.1 Å². The van der Waals surface area contributed by atoms with E-state index in [1.807, 2.05) is 0 Å². The number of benzene rings is 2. The molecule has 30 heavy (non-hydrogen) atoms. The second-order valence-electron chi connectivity index (χ2n) is 7.59. The predicted octanol–water partition coefficient (Wildman–Crippen LogP) is 2.61. The molecule has 9 heteroatoms. The minimum Gasteiger partial charge on any atom is -0.477 e. The average Bonchev–Trinajstić information content (AvgIpc) is 2.99. The number of halogens is 2. The van der Waals surface area contributed by atoms with Crippen molar-refractivity contribution in [2.24, 2.45) is 0 Å². The molecule has 1 saturated heterocycles. The van der Waals surface area contributed by atoms with Crippen LogP contribution in [0.5, 0.6) is 0 Å². The van der Waals surface area contributed by atoms with Gasteiger partial charge in [-0.15, -0.1) is 0 Å². The fourth-order valence-electron chi connectivity index (χ4n) is 4.48. The number of carbonyl (C=O) groups is 1. The first kappa shape index (κ1) is 18.6. The van der Waals surface area contributed by atoms with Crippen LogP contribution in [0.4, 0.5) is 20.2 Å². The number of fused-ring (bicyclic) bond motifs is 3. The van der Waals surface area contributed by atoms with Crippen molar-refractivity contribution in [1.29, 1.82) is 0 Å². The Morgan fingerprint density at radius 1 is 1.20 bits per heavy atom. The zero-order valence-corrected chi connectivity index (χ0v) is 15.9. The van der Waals surface area contributed by atoms with Gasteiger partial charge in [-0.3, -0.25) is 4.79 Å². The summed E-state index contributed by atoms with van der Waals surface area (Å²) in [6, 6.07) is 1.07. The molecule has 0 amide bonds. The quantitative estimate of drug-likeness (QED) is 0.446. The summed E-state index contributed by atoms with van der Waals surface area (Å²) < 4.78 is 31.6. The first-order valence-corrected chi connectivity index (χ1v) is 9.40. The molecule has 0 radical (unpaired) electrons. The second kappa shape index (κ2) is 6.02. The number of aromatic nitrogens is 1. The van der Waals surface area contributed by atoms with Crippen LogP contribution in [-0.2, 0) is 6.61 Å². The number of carboxylic acid groups (broad SMARTS) is 1. The number of pyridine rings is 1. The van der Waals surface area contributed by atoms with Gasteiger partial charge in [-0.25, -0.2) is 13.6 Å². The molecule has 1 aliphatic rings. The average molecular weight is 413 g/mol. The molecule has 1 aliphatic heterocycles. The van der Waals surface area contributed by atoms with Crippen LogP contribution in [0, 0.1) is 18.6 Å². The number of carboxylic acids is 1. The maximum Gasteiger partial charge on any atom is 0.341 e. The molecular formula is C21H17F2N3O4. The fraction of sp³-hybridized carbons (Fsp3) is 0.238. The minimum atomic E-state index is -1.46. The Kier molecular flexibility index (Phi) is 3.73. The molecule has 4 N–H and O–H groups in total. The van der Waals surface area contributed by atoms with E-state index in [9.17, 15) is 24.2 Å². The van der Waals surface area contributed by atoms with E-state index in [-0.39, 0.29) is 49.7 Å². The zero-order valence-electron chi connectivity index (χ0n) is 15.9. The van der Waals surface area contributed by atoms with E-state index < -0.39 is 35.2 Å². The molecule has 0 atom stereocenters. The Hall–Kier alpha value is -3.46. The van der Waals surface area contributed by atoms with Gasteiger partial charge in [-0.2, -0.15) is 0 Å². The summed E-state index contributed by atoms with van der Waals surface area (Å²) in [7, 11) is 0. The summed E-state index contributed by atoms with van der Waals surface area (Å²) in [5.74, 6) is -2.91. The van der Waals surface area contributed by atoms with Crippen molar-refractivity contribution in [3.8, 4) is 0 Å². The van der Waals surface area contributed by atoms with Crippen LogP contribution >= 0.6 is 0 Å². The lowest BCUT2D eigenvalue weighted by molar-refractivity contribution is 0.0695. The maximum absolute atomic E-state index is 15.6. The standard InChI is InChI=1S/C21H17F2N3O4/c1-8-12-18-14(19(15(8)23)25-3-2-4-25)13-16(24)11(22)5-9(7-27)17(13)26(18)6-10(20(12)28)21(29)30/h5-6,27H,2-4,7,24H2,1H3,(H,29,30). The van der Waals surface area contributed by atoms with Gasteiger partial charge in [0.05, 0.1) is 34.4 Å². The SMILES string of the molecule is Cc1c(F)c(N2CCC2)c2c3c(N)c(F)cc(CO)c3n3cc(C(=O)O)c(=O)c1c23. The number of nitrogens with two attached hydrogens (primary N) is 1. The molecule has 0 aliphatic carbocycles. The van der Waals surface area contributed by atoms with Gasteiger partial charge in [0, 0.05) is 41.2 Å². The third kappa shape index (κ3) is 2.10. The Morgan fingerprint density at radius 2 is 1.90 bits per heavy atom. The fourth-order valence-corrected chi connectivity index (χ4v) is 4.48. The lowest BCUT2D eigenvalue weighted by Crippen LogP contribution is -2.38. The molecule has 154 valence electrons. The maximum atomic E-state index is 15.6. The van der Waals surface area contributed by atoms with Crippen LogP contribution in [-0.4, -0.2) is 33.7 Å². The monoisotopic (exact) mass is 413 g/mol. The highest BCUT2D eigenvalue weighted by Gasteiger charge is 2.31. The van der Waals surface area contributed by atoms with E-state index in [0.29, 0.717) is 13.1 Å². The van der Waals surface area contributed by atoms with Crippen LogP contribution in [0.2, 0.25) is 0 Å². The molecular weight excluding hydrogens is 396 g/mol. The third-order valence-corrected chi connectivity index (χ3v) is 6.03. The summed E-state index contributed by atoms with van der Waals surface area (Å²) in [6.07, 6.45) is 1.99. The first-order valence-electron chi connectivity index (χ1n) is 9.40. The predicted molar refractivity (Wildman–Crippen MR) is 109 cm³/mol. The van der Waals surface area contributed by atoms with Crippen molar-refractivity contribution in [3.63, 3.8) is 0 Å². The van der Waals surface area contributed by atoms with Crippen molar-refractivity contribution in [2.45, 2.75) is 20.0 Å².